The molecule has 0 saturated carbocycles. The fourth-order valence-electron chi connectivity index (χ4n) is 2.85. The molecule has 1 aliphatic rings. The van der Waals surface area contributed by atoms with E-state index in [2.05, 4.69) is 5.10 Å². The summed E-state index contributed by atoms with van der Waals surface area (Å²) in [5.41, 5.74) is 1.18. The number of aromatic nitrogens is 2. The van der Waals surface area contributed by atoms with E-state index in [0.717, 1.165) is 11.3 Å². The van der Waals surface area contributed by atoms with Crippen molar-refractivity contribution in [3.05, 3.63) is 41.7 Å². The molecule has 1 aliphatic heterocycles. The predicted octanol–water partition coefficient (Wildman–Crippen LogP) is 2.44. The molecule has 0 unspecified atom stereocenters. The number of hydrogen-bond acceptors (Lipinski definition) is 5. The molecule has 0 aliphatic carbocycles. The van der Waals surface area contributed by atoms with E-state index in [-0.39, 0.29) is 5.78 Å². The van der Waals surface area contributed by atoms with Crippen molar-refractivity contribution >= 4 is 18.4 Å². The summed E-state index contributed by atoms with van der Waals surface area (Å²) in [4.78, 5) is 12.1. The Kier molecular flexibility index (Phi) is 4.71. The molecule has 1 aromatic carbocycles. The van der Waals surface area contributed by atoms with Crippen LogP contribution < -0.4 is 10.2 Å². The van der Waals surface area contributed by atoms with Crippen LogP contribution in [0.5, 0.6) is 5.75 Å². The highest BCUT2D eigenvalue weighted by atomic mass is 16.7. The second-order valence-corrected chi connectivity index (χ2v) is 7.62. The summed E-state index contributed by atoms with van der Waals surface area (Å²) in [7, 11) is 1.03. The largest absolute Gasteiger partial charge is 0.498 e. The molecule has 0 amide bonds. The van der Waals surface area contributed by atoms with E-state index in [0.29, 0.717) is 17.7 Å². The molecule has 1 saturated heterocycles. The smallest absolute Gasteiger partial charge is 0.497 e. The van der Waals surface area contributed by atoms with Gasteiger partial charge in [0, 0.05) is 18.6 Å². The van der Waals surface area contributed by atoms with Crippen LogP contribution in [-0.4, -0.2) is 41.0 Å². The maximum Gasteiger partial charge on any atom is 0.498 e. The SMILES string of the molecule is COc1ccc(Cn2cc(B3OC(C)(C)C(C)(C)O3)c(C(C)=O)n2)cc1. The minimum absolute atomic E-state index is 0.108. The van der Waals surface area contributed by atoms with E-state index in [1.807, 2.05) is 58.2 Å². The molecule has 0 radical (unpaired) electrons. The quantitative estimate of drug-likeness (QED) is 0.608. The summed E-state index contributed by atoms with van der Waals surface area (Å²) in [6.07, 6.45) is 1.84. The lowest BCUT2D eigenvalue weighted by molar-refractivity contribution is 0.00578. The first kappa shape index (κ1) is 18.7. The van der Waals surface area contributed by atoms with Crippen molar-refractivity contribution in [1.29, 1.82) is 0 Å². The highest BCUT2D eigenvalue weighted by Gasteiger charge is 2.53. The van der Waals surface area contributed by atoms with Crippen molar-refractivity contribution in [2.24, 2.45) is 0 Å². The summed E-state index contributed by atoms with van der Waals surface area (Å²) in [5, 5.41) is 4.46. The second kappa shape index (κ2) is 6.56. The second-order valence-electron chi connectivity index (χ2n) is 7.62. The number of nitrogens with zero attached hydrogens (tertiary/aromatic N) is 2. The van der Waals surface area contributed by atoms with Crippen molar-refractivity contribution in [3.8, 4) is 5.75 Å². The van der Waals surface area contributed by atoms with Crippen LogP contribution in [0.15, 0.2) is 30.5 Å². The van der Waals surface area contributed by atoms with Gasteiger partial charge in [-0.15, -0.1) is 0 Å². The van der Waals surface area contributed by atoms with Gasteiger partial charge in [0.25, 0.3) is 0 Å². The van der Waals surface area contributed by atoms with E-state index < -0.39 is 18.3 Å². The summed E-state index contributed by atoms with van der Waals surface area (Å²) in [6.45, 7) is 10.0. The van der Waals surface area contributed by atoms with Crippen LogP contribution in [0.2, 0.25) is 0 Å². The standard InChI is InChI=1S/C19H25BN2O4/c1-13(23)17-16(20-25-18(2,3)19(4,5)26-20)12-22(21-17)11-14-7-9-15(24-6)10-8-14/h7-10,12H,11H2,1-6H3. The van der Waals surface area contributed by atoms with Gasteiger partial charge in [-0.05, 0) is 45.4 Å². The molecule has 2 heterocycles. The van der Waals surface area contributed by atoms with Crippen molar-refractivity contribution in [2.75, 3.05) is 7.11 Å². The lowest BCUT2D eigenvalue weighted by Crippen LogP contribution is -2.41. The first-order valence-corrected chi connectivity index (χ1v) is 8.70. The van der Waals surface area contributed by atoms with Gasteiger partial charge in [-0.3, -0.25) is 9.48 Å². The van der Waals surface area contributed by atoms with Gasteiger partial charge < -0.3 is 14.0 Å². The Balaban J connectivity index is 1.88. The lowest BCUT2D eigenvalue weighted by Gasteiger charge is -2.32. The molecule has 6 nitrogen and oxygen atoms in total. The highest BCUT2D eigenvalue weighted by Crippen LogP contribution is 2.36. The first-order valence-electron chi connectivity index (χ1n) is 8.70. The van der Waals surface area contributed by atoms with Crippen LogP contribution >= 0.6 is 0 Å². The van der Waals surface area contributed by atoms with E-state index in [4.69, 9.17) is 14.0 Å². The number of carbonyl (C=O) groups is 1. The fourth-order valence-corrected chi connectivity index (χ4v) is 2.85. The molecule has 0 bridgehead atoms. The molecule has 2 aromatic rings. The van der Waals surface area contributed by atoms with Gasteiger partial charge in [-0.2, -0.15) is 5.10 Å². The maximum atomic E-state index is 12.1. The van der Waals surface area contributed by atoms with E-state index in [1.54, 1.807) is 11.8 Å². The third-order valence-corrected chi connectivity index (χ3v) is 5.13. The molecule has 0 N–H and O–H groups in total. The molecule has 138 valence electrons. The van der Waals surface area contributed by atoms with E-state index in [1.165, 1.54) is 6.92 Å². The van der Waals surface area contributed by atoms with Crippen molar-refractivity contribution in [1.82, 2.24) is 9.78 Å². The molecule has 0 atom stereocenters. The maximum absolute atomic E-state index is 12.1. The van der Waals surface area contributed by atoms with Gasteiger partial charge in [0.15, 0.2) is 5.78 Å². The first-order chi connectivity index (χ1) is 12.1. The minimum atomic E-state index is -0.608. The van der Waals surface area contributed by atoms with Crippen molar-refractivity contribution in [2.45, 2.75) is 52.4 Å². The molecule has 1 aromatic heterocycles. The van der Waals surface area contributed by atoms with Crippen LogP contribution in [-0.2, 0) is 15.9 Å². The third-order valence-electron chi connectivity index (χ3n) is 5.13. The number of Topliss-reactive ketones (excluding diaryl/α,β-unsaturated/α-hetero) is 1. The Morgan fingerprint density at radius 1 is 1.15 bits per heavy atom. The number of hydrogen-bond donors (Lipinski definition) is 0. The Morgan fingerprint density at radius 2 is 1.73 bits per heavy atom. The Morgan fingerprint density at radius 3 is 2.23 bits per heavy atom. The highest BCUT2D eigenvalue weighted by molar-refractivity contribution is 6.63. The third kappa shape index (κ3) is 3.41. The average molecular weight is 356 g/mol. The van der Waals surface area contributed by atoms with Gasteiger partial charge in [-0.25, -0.2) is 0 Å². The molecule has 1 fully saturated rings. The van der Waals surface area contributed by atoms with Crippen LogP contribution in [0.3, 0.4) is 0 Å². The van der Waals surface area contributed by atoms with Gasteiger partial charge in [0.1, 0.15) is 11.4 Å². The number of ketones is 1. The topological polar surface area (TPSA) is 62.6 Å². The summed E-state index contributed by atoms with van der Waals surface area (Å²) in [6, 6.07) is 7.75. The van der Waals surface area contributed by atoms with Crippen LogP contribution in [0.4, 0.5) is 0 Å². The van der Waals surface area contributed by atoms with Crippen LogP contribution in [0, 0.1) is 0 Å². The van der Waals surface area contributed by atoms with E-state index >= 15 is 0 Å². The number of carbonyl (C=O) groups excluding carboxylic acids is 1. The number of methoxy groups -OCH3 is 1. The minimum Gasteiger partial charge on any atom is -0.497 e. The zero-order valence-electron chi connectivity index (χ0n) is 16.2. The zero-order chi connectivity index (χ0) is 19.1. The fraction of sp³-hybridized carbons (Fsp3) is 0.474. The predicted molar refractivity (Wildman–Crippen MR) is 100 cm³/mol. The molecular formula is C19H25BN2O4. The van der Waals surface area contributed by atoms with Crippen molar-refractivity contribution in [3.63, 3.8) is 0 Å². The number of rotatable bonds is 5. The molecule has 26 heavy (non-hydrogen) atoms. The molecular weight excluding hydrogens is 331 g/mol. The van der Waals surface area contributed by atoms with Crippen molar-refractivity contribution < 1.29 is 18.8 Å². The summed E-state index contributed by atoms with van der Waals surface area (Å²) in [5.74, 6) is 0.694. The Bertz CT molecular complexity index is 795. The number of ether oxygens (including phenoxy) is 1. The van der Waals surface area contributed by atoms with Gasteiger partial charge in [-0.1, -0.05) is 12.1 Å². The Labute approximate surface area is 154 Å². The van der Waals surface area contributed by atoms with E-state index in [9.17, 15) is 4.79 Å². The lowest BCUT2D eigenvalue weighted by atomic mass is 9.78. The van der Waals surface area contributed by atoms with Gasteiger partial charge >= 0.3 is 7.12 Å². The normalized spacial score (nSPS) is 18.2. The van der Waals surface area contributed by atoms with Gasteiger partial charge in [0.05, 0.1) is 24.9 Å². The molecule has 7 heteroatoms. The van der Waals surface area contributed by atoms with Crippen LogP contribution in [0.25, 0.3) is 0 Å². The molecule has 3 rings (SSSR count). The van der Waals surface area contributed by atoms with Crippen LogP contribution in [0.1, 0.15) is 50.7 Å². The summed E-state index contributed by atoms with van der Waals surface area (Å²) < 4.78 is 19.1. The zero-order valence-corrected chi connectivity index (χ0v) is 16.2. The number of benzene rings is 1. The molecule has 0 spiro atoms. The Hall–Kier alpha value is -2.12. The monoisotopic (exact) mass is 356 g/mol. The average Bonchev–Trinajstić information content (AvgIpc) is 3.07. The summed E-state index contributed by atoms with van der Waals surface area (Å²) >= 11 is 0. The van der Waals surface area contributed by atoms with Gasteiger partial charge in [0.2, 0.25) is 0 Å².